The van der Waals surface area contributed by atoms with E-state index < -0.39 is 0 Å². The number of aromatic nitrogens is 4. The summed E-state index contributed by atoms with van der Waals surface area (Å²) in [7, 11) is 1.75. The fourth-order valence-electron chi connectivity index (χ4n) is 5.09. The third-order valence-corrected chi connectivity index (χ3v) is 7.00. The topological polar surface area (TPSA) is 122 Å². The molecule has 35 heavy (non-hydrogen) atoms. The van der Waals surface area contributed by atoms with E-state index in [0.29, 0.717) is 23.1 Å². The van der Waals surface area contributed by atoms with Gasteiger partial charge in [0.2, 0.25) is 5.95 Å². The third kappa shape index (κ3) is 4.63. The summed E-state index contributed by atoms with van der Waals surface area (Å²) in [5.74, 6) is 7.64. The first-order valence-corrected chi connectivity index (χ1v) is 11.8. The molecule has 1 saturated heterocycles. The number of hydrogen-bond acceptors (Lipinski definition) is 9. The van der Waals surface area contributed by atoms with Crippen molar-refractivity contribution < 1.29 is 9.84 Å². The smallest absolute Gasteiger partial charge is 0.222 e. The Hall–Kier alpha value is -3.74. The van der Waals surface area contributed by atoms with Gasteiger partial charge >= 0.3 is 0 Å². The second-order valence-corrected chi connectivity index (χ2v) is 8.97. The Labute approximate surface area is 204 Å². The van der Waals surface area contributed by atoms with E-state index >= 15 is 0 Å². The molecule has 0 saturated carbocycles. The molecule has 1 atom stereocenters. The van der Waals surface area contributed by atoms with Crippen molar-refractivity contribution >= 4 is 11.8 Å². The van der Waals surface area contributed by atoms with Crippen LogP contribution >= 0.6 is 0 Å². The number of fused-ring (bicyclic) bond motifs is 1. The first kappa shape index (κ1) is 23.0. The Morgan fingerprint density at radius 2 is 1.94 bits per heavy atom. The van der Waals surface area contributed by atoms with Gasteiger partial charge in [0.25, 0.3) is 0 Å². The van der Waals surface area contributed by atoms with Gasteiger partial charge in [-0.25, -0.2) is 19.9 Å². The van der Waals surface area contributed by atoms with Gasteiger partial charge in [-0.15, -0.1) is 0 Å². The number of nitrogens with one attached hydrogen (secondary N) is 1. The number of piperidine rings is 1. The van der Waals surface area contributed by atoms with Gasteiger partial charge in [0, 0.05) is 26.2 Å². The highest BCUT2D eigenvalue weighted by Crippen LogP contribution is 2.50. The molecule has 3 aromatic rings. The van der Waals surface area contributed by atoms with Crippen LogP contribution in [-0.4, -0.2) is 51.8 Å². The van der Waals surface area contributed by atoms with Crippen LogP contribution in [-0.2, 0) is 13.0 Å². The molecular formula is C26H29N7O2. The van der Waals surface area contributed by atoms with E-state index in [1.165, 1.54) is 11.1 Å². The Morgan fingerprint density at radius 3 is 2.66 bits per heavy atom. The summed E-state index contributed by atoms with van der Waals surface area (Å²) in [4.78, 5) is 19.5. The zero-order chi connectivity index (χ0) is 24.3. The summed E-state index contributed by atoms with van der Waals surface area (Å²) in [6.07, 6.45) is 7.80. The standard InChI is InChI=1S/C26H29N7O2/c1-28-25-30-15-20(16-31-25)35-12-4-6-19-14-29-24(22(17-34)32-19)33-10-8-26(9-11-33)13-18-5-2-3-7-21(18)23(26)27/h2-3,5,7,14-16,23,34H,8-13,17,27H2,1H3,(H,28,30,31)/t23-/m1/s1. The average Bonchev–Trinajstić information content (AvgIpc) is 3.18. The van der Waals surface area contributed by atoms with Crippen LogP contribution in [0.3, 0.4) is 0 Å². The first-order chi connectivity index (χ1) is 17.1. The zero-order valence-electron chi connectivity index (χ0n) is 19.7. The van der Waals surface area contributed by atoms with Crippen LogP contribution < -0.4 is 20.7 Å². The van der Waals surface area contributed by atoms with Gasteiger partial charge in [-0.3, -0.25) is 0 Å². The SMILES string of the molecule is CNc1ncc(OCC#Cc2cnc(N3CCC4(CC3)Cc3ccccc3[C@H]4N)c(CO)n2)cn1. The molecule has 0 unspecified atom stereocenters. The van der Waals surface area contributed by atoms with Crippen molar-refractivity contribution in [3.8, 4) is 17.6 Å². The molecule has 9 nitrogen and oxygen atoms in total. The Morgan fingerprint density at radius 1 is 1.17 bits per heavy atom. The molecular weight excluding hydrogens is 442 g/mol. The molecule has 1 spiro atoms. The minimum absolute atomic E-state index is 0.0666. The lowest BCUT2D eigenvalue weighted by Crippen LogP contribution is -2.45. The molecule has 1 fully saturated rings. The summed E-state index contributed by atoms with van der Waals surface area (Å²) in [5.41, 5.74) is 10.5. The van der Waals surface area contributed by atoms with E-state index in [4.69, 9.17) is 10.5 Å². The number of nitrogens with two attached hydrogens (primary N) is 1. The largest absolute Gasteiger partial charge is 0.478 e. The Balaban J connectivity index is 1.21. The number of aliphatic hydroxyl groups excluding tert-OH is 1. The van der Waals surface area contributed by atoms with Crippen molar-refractivity contribution in [3.63, 3.8) is 0 Å². The molecule has 0 bridgehead atoms. The number of nitrogens with zero attached hydrogens (tertiary/aromatic N) is 5. The second-order valence-electron chi connectivity index (χ2n) is 8.97. The molecule has 0 radical (unpaired) electrons. The van der Waals surface area contributed by atoms with Crippen LogP contribution in [0.1, 0.15) is 41.4 Å². The van der Waals surface area contributed by atoms with E-state index in [1.54, 1.807) is 25.6 Å². The van der Waals surface area contributed by atoms with Crippen molar-refractivity contribution in [2.45, 2.75) is 31.9 Å². The number of hydrogen-bond donors (Lipinski definition) is 3. The van der Waals surface area contributed by atoms with Crippen molar-refractivity contribution in [3.05, 3.63) is 65.4 Å². The number of ether oxygens (including phenoxy) is 1. The molecule has 4 N–H and O–H groups in total. The number of anilines is 2. The molecule has 2 aliphatic rings. The Bertz CT molecular complexity index is 1240. The summed E-state index contributed by atoms with van der Waals surface area (Å²) in [6, 6.07) is 8.59. The molecule has 1 aromatic carbocycles. The van der Waals surface area contributed by atoms with E-state index in [9.17, 15) is 5.11 Å². The van der Waals surface area contributed by atoms with E-state index in [1.807, 2.05) is 0 Å². The molecule has 2 aromatic heterocycles. The van der Waals surface area contributed by atoms with Gasteiger partial charge in [-0.2, -0.15) is 0 Å². The molecule has 1 aliphatic carbocycles. The minimum Gasteiger partial charge on any atom is -0.478 e. The van der Waals surface area contributed by atoms with Crippen molar-refractivity contribution in [1.82, 2.24) is 19.9 Å². The average molecular weight is 472 g/mol. The van der Waals surface area contributed by atoms with Crippen LogP contribution in [0.2, 0.25) is 0 Å². The summed E-state index contributed by atoms with van der Waals surface area (Å²) in [5, 5.41) is 12.8. The zero-order valence-corrected chi connectivity index (χ0v) is 19.7. The van der Waals surface area contributed by atoms with E-state index in [2.05, 4.69) is 66.3 Å². The lowest BCUT2D eigenvalue weighted by Gasteiger charge is -2.42. The summed E-state index contributed by atoms with van der Waals surface area (Å²) in [6.45, 7) is 1.63. The number of rotatable bonds is 5. The molecule has 5 rings (SSSR count). The van der Waals surface area contributed by atoms with E-state index in [0.717, 1.165) is 38.2 Å². The maximum absolute atomic E-state index is 9.96. The molecule has 9 heteroatoms. The third-order valence-electron chi connectivity index (χ3n) is 7.00. The lowest BCUT2D eigenvalue weighted by atomic mass is 9.73. The van der Waals surface area contributed by atoms with Gasteiger partial charge in [0.1, 0.15) is 18.0 Å². The lowest BCUT2D eigenvalue weighted by molar-refractivity contribution is 0.186. The number of benzene rings is 1. The van der Waals surface area contributed by atoms with Crippen LogP contribution in [0, 0.1) is 17.3 Å². The van der Waals surface area contributed by atoms with Crippen LogP contribution in [0.4, 0.5) is 11.8 Å². The van der Waals surface area contributed by atoms with E-state index in [-0.39, 0.29) is 24.7 Å². The van der Waals surface area contributed by atoms with Crippen molar-refractivity contribution in [2.75, 3.05) is 37.0 Å². The molecule has 0 amide bonds. The first-order valence-electron chi connectivity index (χ1n) is 11.8. The fourth-order valence-corrected chi connectivity index (χ4v) is 5.09. The summed E-state index contributed by atoms with van der Waals surface area (Å²) < 4.78 is 5.54. The van der Waals surface area contributed by atoms with Gasteiger partial charge in [-0.1, -0.05) is 30.2 Å². The van der Waals surface area contributed by atoms with Crippen molar-refractivity contribution in [1.29, 1.82) is 0 Å². The fraction of sp³-hybridized carbons (Fsp3) is 0.385. The highest BCUT2D eigenvalue weighted by atomic mass is 16.5. The van der Waals surface area contributed by atoms with Crippen molar-refractivity contribution in [2.24, 2.45) is 11.1 Å². The highest BCUT2D eigenvalue weighted by molar-refractivity contribution is 5.47. The minimum atomic E-state index is -0.198. The molecule has 180 valence electrons. The molecule has 3 heterocycles. The van der Waals surface area contributed by atoms with Gasteiger partial charge in [0.15, 0.2) is 11.6 Å². The maximum Gasteiger partial charge on any atom is 0.222 e. The second kappa shape index (κ2) is 9.86. The summed E-state index contributed by atoms with van der Waals surface area (Å²) >= 11 is 0. The normalized spacial score (nSPS) is 18.0. The van der Waals surface area contributed by atoms with Crippen LogP contribution in [0.25, 0.3) is 0 Å². The van der Waals surface area contributed by atoms with Gasteiger partial charge in [-0.05, 0) is 41.7 Å². The van der Waals surface area contributed by atoms with Gasteiger partial charge < -0.3 is 25.8 Å². The van der Waals surface area contributed by atoms with Crippen LogP contribution in [0.5, 0.6) is 5.75 Å². The predicted molar refractivity (Wildman–Crippen MR) is 133 cm³/mol. The highest BCUT2D eigenvalue weighted by Gasteiger charge is 2.46. The molecule has 1 aliphatic heterocycles. The Kier molecular flexibility index (Phi) is 6.49. The quantitative estimate of drug-likeness (QED) is 0.480. The maximum atomic E-state index is 9.96. The predicted octanol–water partition coefficient (Wildman–Crippen LogP) is 2.07. The number of aliphatic hydroxyl groups is 1. The monoisotopic (exact) mass is 471 g/mol. The van der Waals surface area contributed by atoms with Gasteiger partial charge in [0.05, 0.1) is 25.2 Å². The van der Waals surface area contributed by atoms with Crippen LogP contribution in [0.15, 0.2) is 42.9 Å².